The van der Waals surface area contributed by atoms with Crippen LogP contribution in [0.25, 0.3) is 11.3 Å². The highest BCUT2D eigenvalue weighted by atomic mass is 16.6. The lowest BCUT2D eigenvalue weighted by Crippen LogP contribution is -2.41. The Morgan fingerprint density at radius 1 is 1.08 bits per heavy atom. The largest absolute Gasteiger partial charge is 0.467 e. The van der Waals surface area contributed by atoms with Crippen LogP contribution in [0.5, 0.6) is 6.01 Å². The Bertz CT molecular complexity index is 1600. The van der Waals surface area contributed by atoms with E-state index in [0.29, 0.717) is 11.3 Å². The summed E-state index contributed by atoms with van der Waals surface area (Å²) in [4.78, 5) is 59.0. The molecule has 1 aliphatic heterocycles. The first-order valence-corrected chi connectivity index (χ1v) is 15.4. The van der Waals surface area contributed by atoms with E-state index in [1.54, 1.807) is 39.0 Å². The predicted octanol–water partition coefficient (Wildman–Crippen LogP) is 4.96. The molecule has 48 heavy (non-hydrogen) atoms. The van der Waals surface area contributed by atoms with Crippen LogP contribution in [0.15, 0.2) is 60.8 Å². The standard InChI is InChI=1S/C33H40N6O9/c1-21(18-36-31(41)48-33(2,3)4)17-35-28-24(12-9-13-26(28)39(43)44)25-14-15-34-30(37-25)47-23-16-27(29(40)45-5)38(19-23)32(42)46-20-22-10-7-6-8-11-22/h6-15,21,23,27,35H,16-20H2,1-5H3,(H,36,41)/t21?,23-,27-/m0/s1. The fraction of sp³-hybridized carbons (Fsp3) is 0.424. The second kappa shape index (κ2) is 15.9. The number of nitrogens with one attached hydrogen (secondary N) is 2. The number of methoxy groups -OCH3 is 1. The maximum atomic E-state index is 13.0. The number of para-hydroxylation sites is 1. The van der Waals surface area contributed by atoms with Gasteiger partial charge in [-0.15, -0.1) is 0 Å². The molecule has 0 spiro atoms. The van der Waals surface area contributed by atoms with Crippen LogP contribution in [0, 0.1) is 16.0 Å². The van der Waals surface area contributed by atoms with Crippen LogP contribution in [-0.2, 0) is 25.6 Å². The SMILES string of the molecule is COC(=O)[C@@H]1C[C@H](Oc2nccc(-c3cccc([N+](=O)[O-])c3NCC(C)CNC(=O)OC(C)(C)C)n2)CN1C(=O)OCc1ccccc1. The van der Waals surface area contributed by atoms with E-state index < -0.39 is 40.8 Å². The maximum Gasteiger partial charge on any atom is 0.410 e. The van der Waals surface area contributed by atoms with Crippen LogP contribution in [0.1, 0.15) is 39.7 Å². The molecule has 1 aliphatic rings. The molecule has 2 amide bonds. The number of alkyl carbamates (subject to hydrolysis) is 1. The predicted molar refractivity (Wildman–Crippen MR) is 174 cm³/mol. The lowest BCUT2D eigenvalue weighted by molar-refractivity contribution is -0.383. The molecule has 1 saturated heterocycles. The van der Waals surface area contributed by atoms with Crippen molar-refractivity contribution in [2.45, 2.75) is 58.5 Å². The summed E-state index contributed by atoms with van der Waals surface area (Å²) >= 11 is 0. The molecule has 15 heteroatoms. The third-order valence-electron chi connectivity index (χ3n) is 7.22. The van der Waals surface area contributed by atoms with Gasteiger partial charge in [0, 0.05) is 37.3 Å². The van der Waals surface area contributed by atoms with Crippen LogP contribution < -0.4 is 15.4 Å². The average Bonchev–Trinajstić information content (AvgIpc) is 3.48. The Balaban J connectivity index is 1.47. The lowest BCUT2D eigenvalue weighted by atomic mass is 10.1. The van der Waals surface area contributed by atoms with Crippen molar-refractivity contribution in [3.63, 3.8) is 0 Å². The molecular weight excluding hydrogens is 624 g/mol. The van der Waals surface area contributed by atoms with Crippen LogP contribution in [0.2, 0.25) is 0 Å². The number of benzene rings is 2. The van der Waals surface area contributed by atoms with Crippen molar-refractivity contribution in [3.8, 4) is 17.3 Å². The molecule has 256 valence electrons. The van der Waals surface area contributed by atoms with Crippen molar-refractivity contribution < 1.29 is 38.3 Å². The molecule has 0 aliphatic carbocycles. The molecule has 1 unspecified atom stereocenters. The molecule has 3 atom stereocenters. The van der Waals surface area contributed by atoms with E-state index in [1.165, 1.54) is 24.3 Å². The molecular formula is C33H40N6O9. The smallest absolute Gasteiger partial charge is 0.410 e. The van der Waals surface area contributed by atoms with E-state index in [-0.39, 0.29) is 56.0 Å². The number of carbonyl (C=O) groups excluding carboxylic acids is 3. The first kappa shape index (κ1) is 35.4. The molecule has 1 aromatic heterocycles. The van der Waals surface area contributed by atoms with E-state index in [4.69, 9.17) is 18.9 Å². The zero-order valence-electron chi connectivity index (χ0n) is 27.5. The Labute approximate surface area is 278 Å². The third kappa shape index (κ3) is 9.77. The van der Waals surface area contributed by atoms with E-state index in [2.05, 4.69) is 20.6 Å². The number of ether oxygens (including phenoxy) is 4. The van der Waals surface area contributed by atoms with Gasteiger partial charge in [0.1, 0.15) is 30.0 Å². The van der Waals surface area contributed by atoms with Gasteiger partial charge in [0.25, 0.3) is 5.69 Å². The highest BCUT2D eigenvalue weighted by Crippen LogP contribution is 2.35. The molecule has 15 nitrogen and oxygen atoms in total. The summed E-state index contributed by atoms with van der Waals surface area (Å²) in [5.74, 6) is -0.739. The second-order valence-electron chi connectivity index (χ2n) is 12.3. The van der Waals surface area contributed by atoms with E-state index in [0.717, 1.165) is 5.56 Å². The number of esters is 1. The molecule has 2 N–H and O–H groups in total. The van der Waals surface area contributed by atoms with Gasteiger partial charge in [-0.05, 0) is 38.3 Å². The average molecular weight is 665 g/mol. The highest BCUT2D eigenvalue weighted by Gasteiger charge is 2.43. The summed E-state index contributed by atoms with van der Waals surface area (Å²) in [6.45, 7) is 7.77. The van der Waals surface area contributed by atoms with E-state index >= 15 is 0 Å². The number of hydrogen-bond acceptors (Lipinski definition) is 12. The fourth-order valence-electron chi connectivity index (χ4n) is 4.95. The summed E-state index contributed by atoms with van der Waals surface area (Å²) in [7, 11) is 1.24. The monoisotopic (exact) mass is 664 g/mol. The topological polar surface area (TPSA) is 184 Å². The molecule has 0 saturated carbocycles. The van der Waals surface area contributed by atoms with Crippen LogP contribution in [0.3, 0.4) is 0 Å². The van der Waals surface area contributed by atoms with Crippen molar-refractivity contribution in [3.05, 3.63) is 76.5 Å². The van der Waals surface area contributed by atoms with Gasteiger partial charge in [0.05, 0.1) is 24.3 Å². The molecule has 1 fully saturated rings. The number of likely N-dealkylation sites (tertiary alicyclic amines) is 1. The molecule has 0 bridgehead atoms. The van der Waals surface area contributed by atoms with E-state index in [9.17, 15) is 24.5 Å². The minimum absolute atomic E-state index is 0.0137. The minimum Gasteiger partial charge on any atom is -0.467 e. The number of hydrogen-bond donors (Lipinski definition) is 2. The molecule has 4 rings (SSSR count). The van der Waals surface area contributed by atoms with Crippen LogP contribution in [-0.4, -0.2) is 82.4 Å². The minimum atomic E-state index is -0.939. The quantitative estimate of drug-likeness (QED) is 0.115. The number of nitro groups is 1. The summed E-state index contributed by atoms with van der Waals surface area (Å²) in [6.07, 6.45) is -0.361. The molecule has 2 aromatic carbocycles. The van der Waals surface area contributed by atoms with Gasteiger partial charge < -0.3 is 29.6 Å². The second-order valence-corrected chi connectivity index (χ2v) is 12.3. The van der Waals surface area contributed by atoms with Crippen LogP contribution in [0.4, 0.5) is 21.0 Å². The zero-order valence-corrected chi connectivity index (χ0v) is 27.5. The molecule has 3 aromatic rings. The van der Waals surface area contributed by atoms with Crippen molar-refractivity contribution >= 4 is 29.5 Å². The number of aromatic nitrogens is 2. The van der Waals surface area contributed by atoms with E-state index in [1.807, 2.05) is 37.3 Å². The number of anilines is 1. The van der Waals surface area contributed by atoms with Gasteiger partial charge in [0.2, 0.25) is 0 Å². The number of amides is 2. The summed E-state index contributed by atoms with van der Waals surface area (Å²) < 4.78 is 21.7. The Kier molecular flexibility index (Phi) is 11.7. The summed E-state index contributed by atoms with van der Waals surface area (Å²) in [5.41, 5.74) is 0.984. The van der Waals surface area contributed by atoms with Gasteiger partial charge in [-0.3, -0.25) is 15.0 Å². The molecule has 2 heterocycles. The van der Waals surface area contributed by atoms with Gasteiger partial charge >= 0.3 is 24.2 Å². The first-order chi connectivity index (χ1) is 22.8. The summed E-state index contributed by atoms with van der Waals surface area (Å²) in [5, 5.41) is 17.8. The molecule has 0 radical (unpaired) electrons. The van der Waals surface area contributed by atoms with Crippen molar-refractivity contribution in [1.29, 1.82) is 0 Å². The van der Waals surface area contributed by atoms with Crippen molar-refractivity contribution in [2.75, 3.05) is 32.1 Å². The van der Waals surface area contributed by atoms with Crippen molar-refractivity contribution in [1.82, 2.24) is 20.2 Å². The van der Waals surface area contributed by atoms with Gasteiger partial charge in [0.15, 0.2) is 0 Å². The summed E-state index contributed by atoms with van der Waals surface area (Å²) in [6, 6.07) is 14.3. The Morgan fingerprint density at radius 2 is 1.83 bits per heavy atom. The highest BCUT2D eigenvalue weighted by molar-refractivity contribution is 5.83. The third-order valence-corrected chi connectivity index (χ3v) is 7.22. The number of nitrogens with zero attached hydrogens (tertiary/aromatic N) is 4. The number of nitro benzene ring substituents is 1. The van der Waals surface area contributed by atoms with Gasteiger partial charge in [-0.2, -0.15) is 4.98 Å². The number of carbonyl (C=O) groups is 3. The Morgan fingerprint density at radius 3 is 2.52 bits per heavy atom. The van der Waals surface area contributed by atoms with Crippen molar-refractivity contribution in [2.24, 2.45) is 5.92 Å². The first-order valence-electron chi connectivity index (χ1n) is 15.4. The maximum absolute atomic E-state index is 13.0. The van der Waals surface area contributed by atoms with Crippen LogP contribution >= 0.6 is 0 Å². The Hall–Kier alpha value is -5.47. The zero-order chi connectivity index (χ0) is 34.8. The fourth-order valence-corrected chi connectivity index (χ4v) is 4.95. The van der Waals surface area contributed by atoms with Gasteiger partial charge in [-0.25, -0.2) is 19.4 Å². The lowest BCUT2D eigenvalue weighted by Gasteiger charge is -2.21. The number of rotatable bonds is 12. The normalized spacial score (nSPS) is 16.4. The van der Waals surface area contributed by atoms with Gasteiger partial charge in [-0.1, -0.05) is 49.4 Å².